The Morgan fingerprint density at radius 1 is 0.963 bits per heavy atom. The van der Waals surface area contributed by atoms with E-state index in [0.717, 1.165) is 12.0 Å². The summed E-state index contributed by atoms with van der Waals surface area (Å²) in [6, 6.07) is 16.4. The molecule has 27 heavy (non-hydrogen) atoms. The van der Waals surface area contributed by atoms with Gasteiger partial charge in [0, 0.05) is 22.3 Å². The number of nitrogens with one attached hydrogen (secondary N) is 1. The molecular formula is C19H18ClN3O3S. The van der Waals surface area contributed by atoms with Crippen LogP contribution in [0, 0.1) is 0 Å². The summed E-state index contributed by atoms with van der Waals surface area (Å²) < 4.78 is 32.8. The number of hydrogen-bond acceptors (Lipinski definition) is 5. The van der Waals surface area contributed by atoms with E-state index >= 15 is 0 Å². The van der Waals surface area contributed by atoms with Crippen molar-refractivity contribution in [2.45, 2.75) is 18.2 Å². The number of rotatable bonds is 7. The van der Waals surface area contributed by atoms with Gasteiger partial charge < -0.3 is 4.74 Å². The molecule has 0 fully saturated rings. The number of benzene rings is 2. The first-order chi connectivity index (χ1) is 13.0. The second kappa shape index (κ2) is 8.37. The molecule has 0 atom stereocenters. The maximum Gasteiger partial charge on any atom is 0.261 e. The molecule has 1 N–H and O–H groups in total. The molecule has 0 unspecified atom stereocenters. The summed E-state index contributed by atoms with van der Waals surface area (Å²) in [5.41, 5.74) is 1.94. The summed E-state index contributed by atoms with van der Waals surface area (Å²) in [5.74, 6) is 0.480. The third kappa shape index (κ3) is 4.96. The third-order valence-corrected chi connectivity index (χ3v) is 5.30. The van der Waals surface area contributed by atoms with Crippen molar-refractivity contribution in [3.05, 3.63) is 65.7 Å². The Balaban J connectivity index is 1.72. The molecular weight excluding hydrogens is 386 g/mol. The summed E-state index contributed by atoms with van der Waals surface area (Å²) >= 11 is 5.80. The van der Waals surface area contributed by atoms with E-state index in [1.807, 2.05) is 13.0 Å². The summed E-state index contributed by atoms with van der Waals surface area (Å²) in [5, 5.41) is 8.64. The quantitative estimate of drug-likeness (QED) is 0.632. The molecule has 0 radical (unpaired) electrons. The summed E-state index contributed by atoms with van der Waals surface area (Å²) in [7, 11) is -3.68. The first-order valence-electron chi connectivity index (χ1n) is 8.33. The van der Waals surface area contributed by atoms with Gasteiger partial charge in [0.2, 0.25) is 5.88 Å². The number of anilines is 1. The topological polar surface area (TPSA) is 81.2 Å². The van der Waals surface area contributed by atoms with Crippen molar-refractivity contribution in [1.82, 2.24) is 10.2 Å². The van der Waals surface area contributed by atoms with E-state index in [-0.39, 0.29) is 4.90 Å². The van der Waals surface area contributed by atoms with E-state index in [1.54, 1.807) is 30.3 Å². The molecule has 0 amide bonds. The highest BCUT2D eigenvalue weighted by Crippen LogP contribution is 2.22. The fraction of sp³-hybridized carbons (Fsp3) is 0.158. The summed E-state index contributed by atoms with van der Waals surface area (Å²) in [6.45, 7) is 2.61. The van der Waals surface area contributed by atoms with Crippen molar-refractivity contribution in [3.63, 3.8) is 0 Å². The molecule has 0 spiro atoms. The second-order valence-electron chi connectivity index (χ2n) is 5.74. The minimum Gasteiger partial charge on any atom is -0.477 e. The van der Waals surface area contributed by atoms with E-state index in [2.05, 4.69) is 14.9 Å². The van der Waals surface area contributed by atoms with Crippen molar-refractivity contribution in [1.29, 1.82) is 0 Å². The Morgan fingerprint density at radius 3 is 2.26 bits per heavy atom. The minimum atomic E-state index is -3.68. The number of aromatic nitrogens is 2. The predicted octanol–water partition coefficient (Wildman–Crippen LogP) is 4.39. The first-order valence-corrected chi connectivity index (χ1v) is 10.2. The van der Waals surface area contributed by atoms with Crippen LogP contribution in [0.1, 0.15) is 13.3 Å². The molecule has 0 saturated carbocycles. The molecule has 2 aromatic carbocycles. The van der Waals surface area contributed by atoms with Crippen LogP contribution in [0.2, 0.25) is 5.02 Å². The van der Waals surface area contributed by atoms with Crippen molar-refractivity contribution < 1.29 is 13.2 Å². The number of sulfonamides is 1. The van der Waals surface area contributed by atoms with E-state index in [9.17, 15) is 8.42 Å². The van der Waals surface area contributed by atoms with Gasteiger partial charge >= 0.3 is 0 Å². The van der Waals surface area contributed by atoms with Gasteiger partial charge in [-0.05, 0) is 48.9 Å². The Hall–Kier alpha value is -2.64. The molecule has 0 bridgehead atoms. The van der Waals surface area contributed by atoms with E-state index in [4.69, 9.17) is 16.3 Å². The molecule has 0 aliphatic rings. The summed E-state index contributed by atoms with van der Waals surface area (Å²) in [6.07, 6.45) is 0.900. The van der Waals surface area contributed by atoms with Crippen LogP contribution in [0.3, 0.4) is 0 Å². The van der Waals surface area contributed by atoms with Crippen molar-refractivity contribution >= 4 is 27.3 Å². The Labute approximate surface area is 163 Å². The highest BCUT2D eigenvalue weighted by molar-refractivity contribution is 7.92. The zero-order chi connectivity index (χ0) is 19.3. The average Bonchev–Trinajstić information content (AvgIpc) is 2.67. The molecule has 3 aromatic rings. The van der Waals surface area contributed by atoms with Crippen LogP contribution >= 0.6 is 11.6 Å². The lowest BCUT2D eigenvalue weighted by Gasteiger charge is -2.09. The van der Waals surface area contributed by atoms with Gasteiger partial charge in [-0.3, -0.25) is 4.72 Å². The van der Waals surface area contributed by atoms with Gasteiger partial charge in [-0.1, -0.05) is 30.7 Å². The van der Waals surface area contributed by atoms with E-state index in [1.165, 1.54) is 24.3 Å². The third-order valence-electron chi connectivity index (χ3n) is 3.65. The van der Waals surface area contributed by atoms with Crippen molar-refractivity contribution in [3.8, 4) is 17.1 Å². The van der Waals surface area contributed by atoms with E-state index < -0.39 is 10.0 Å². The molecule has 0 aliphatic carbocycles. The average molecular weight is 404 g/mol. The lowest BCUT2D eigenvalue weighted by molar-refractivity contribution is 0.302. The van der Waals surface area contributed by atoms with Gasteiger partial charge in [0.25, 0.3) is 10.0 Å². The minimum absolute atomic E-state index is 0.143. The fourth-order valence-corrected chi connectivity index (χ4v) is 3.48. The smallest absolute Gasteiger partial charge is 0.261 e. The number of hydrogen-bond donors (Lipinski definition) is 1. The molecule has 8 heteroatoms. The van der Waals surface area contributed by atoms with Crippen molar-refractivity contribution in [2.24, 2.45) is 0 Å². The van der Waals surface area contributed by atoms with Crippen molar-refractivity contribution in [2.75, 3.05) is 11.3 Å². The zero-order valence-corrected chi connectivity index (χ0v) is 16.2. The molecule has 0 aliphatic heterocycles. The molecule has 6 nitrogen and oxygen atoms in total. The fourth-order valence-electron chi connectivity index (χ4n) is 2.29. The number of nitrogens with zero attached hydrogens (tertiary/aromatic N) is 2. The van der Waals surface area contributed by atoms with Gasteiger partial charge in [-0.15, -0.1) is 10.2 Å². The van der Waals surface area contributed by atoms with Crippen LogP contribution < -0.4 is 9.46 Å². The Bertz CT molecular complexity index is 990. The van der Waals surface area contributed by atoms with Gasteiger partial charge in [-0.25, -0.2) is 8.42 Å². The van der Waals surface area contributed by atoms with Gasteiger partial charge in [-0.2, -0.15) is 0 Å². The SMILES string of the molecule is CCCOc1ccc(-c2ccc(NS(=O)(=O)c3ccc(Cl)cc3)cc2)nn1. The van der Waals surface area contributed by atoms with Crippen LogP contribution in [-0.4, -0.2) is 25.2 Å². The number of ether oxygens (including phenoxy) is 1. The lowest BCUT2D eigenvalue weighted by Crippen LogP contribution is -2.12. The highest BCUT2D eigenvalue weighted by Gasteiger charge is 2.14. The van der Waals surface area contributed by atoms with Crippen LogP contribution in [-0.2, 0) is 10.0 Å². The molecule has 1 aromatic heterocycles. The molecule has 0 saturated heterocycles. The lowest BCUT2D eigenvalue weighted by atomic mass is 10.1. The van der Waals surface area contributed by atoms with Gasteiger partial charge in [0.15, 0.2) is 0 Å². The van der Waals surface area contributed by atoms with Gasteiger partial charge in [0.05, 0.1) is 17.2 Å². The predicted molar refractivity (Wildman–Crippen MR) is 106 cm³/mol. The maximum atomic E-state index is 12.4. The molecule has 3 rings (SSSR count). The molecule has 1 heterocycles. The van der Waals surface area contributed by atoms with E-state index in [0.29, 0.717) is 28.9 Å². The number of halogens is 1. The molecule has 140 valence electrons. The Morgan fingerprint density at radius 2 is 1.67 bits per heavy atom. The zero-order valence-electron chi connectivity index (χ0n) is 14.6. The standard InChI is InChI=1S/C19H18ClN3O3S/c1-2-13-26-19-12-11-18(21-22-19)14-3-7-16(8-4-14)23-27(24,25)17-9-5-15(20)6-10-17/h3-12,23H,2,13H2,1H3. The summed E-state index contributed by atoms with van der Waals surface area (Å²) in [4.78, 5) is 0.143. The van der Waals surface area contributed by atoms with Crippen LogP contribution in [0.25, 0.3) is 11.3 Å². The first kappa shape index (κ1) is 19.1. The highest BCUT2D eigenvalue weighted by atomic mass is 35.5. The monoisotopic (exact) mass is 403 g/mol. The Kier molecular flexibility index (Phi) is 5.93. The van der Waals surface area contributed by atoms with Crippen LogP contribution in [0.5, 0.6) is 5.88 Å². The van der Waals surface area contributed by atoms with Crippen LogP contribution in [0.15, 0.2) is 65.6 Å². The largest absolute Gasteiger partial charge is 0.477 e. The normalized spacial score (nSPS) is 11.2. The van der Waals surface area contributed by atoms with Crippen LogP contribution in [0.4, 0.5) is 5.69 Å². The van der Waals surface area contributed by atoms with Gasteiger partial charge in [0.1, 0.15) is 0 Å². The maximum absolute atomic E-state index is 12.4. The second-order valence-corrected chi connectivity index (χ2v) is 7.86.